The lowest BCUT2D eigenvalue weighted by Crippen LogP contribution is -2.37. The van der Waals surface area contributed by atoms with Crippen molar-refractivity contribution >= 4 is 29.1 Å². The van der Waals surface area contributed by atoms with Gasteiger partial charge in [-0.05, 0) is 43.3 Å². The summed E-state index contributed by atoms with van der Waals surface area (Å²) in [5.41, 5.74) is 2.55. The van der Waals surface area contributed by atoms with Gasteiger partial charge < -0.3 is 24.4 Å². The van der Waals surface area contributed by atoms with Crippen molar-refractivity contribution in [2.45, 2.75) is 26.1 Å². The Morgan fingerprint density at radius 2 is 1.91 bits per heavy atom. The summed E-state index contributed by atoms with van der Waals surface area (Å²) in [6, 6.07) is 17.7. The van der Waals surface area contributed by atoms with Gasteiger partial charge in [-0.2, -0.15) is 0 Å². The molecule has 7 nitrogen and oxygen atoms in total. The number of para-hydroxylation sites is 1. The number of anilines is 1. The molecule has 1 N–H and O–H groups in total. The van der Waals surface area contributed by atoms with E-state index < -0.39 is 6.10 Å². The largest absolute Gasteiger partial charge is 0.493 e. The van der Waals surface area contributed by atoms with Crippen LogP contribution in [-0.4, -0.2) is 37.0 Å². The minimum Gasteiger partial charge on any atom is -0.493 e. The van der Waals surface area contributed by atoms with E-state index in [2.05, 4.69) is 5.32 Å². The number of hydrogen-bond donors (Lipinski definition) is 1. The van der Waals surface area contributed by atoms with Crippen molar-refractivity contribution in [2.24, 2.45) is 0 Å². The van der Waals surface area contributed by atoms with Crippen molar-refractivity contribution < 1.29 is 23.8 Å². The molecule has 1 aliphatic heterocycles. The lowest BCUT2D eigenvalue weighted by atomic mass is 10.1. The van der Waals surface area contributed by atoms with Gasteiger partial charge >= 0.3 is 0 Å². The van der Waals surface area contributed by atoms with Gasteiger partial charge in [0, 0.05) is 29.9 Å². The summed E-state index contributed by atoms with van der Waals surface area (Å²) in [4.78, 5) is 27.5. The number of methoxy groups -OCH3 is 2. The Morgan fingerprint density at radius 3 is 2.65 bits per heavy atom. The molecule has 0 saturated heterocycles. The summed E-state index contributed by atoms with van der Waals surface area (Å²) in [6.07, 6.45) is -0.665. The molecule has 0 radical (unpaired) electrons. The molecule has 0 spiro atoms. The molecule has 3 aromatic rings. The molecule has 8 heteroatoms. The molecule has 4 rings (SSSR count). The standard InChI is InChI=1S/C26H25ClN2O5/c1-16-26(31)29(14-17-7-6-10-23(32-2)24(17)33-3)15-18-13-19(11-12-22(18)34-16)28-25(30)20-8-4-5-9-21(20)27/h4-13,16H,14-15H2,1-3H3,(H,28,30). The zero-order valence-electron chi connectivity index (χ0n) is 19.1. The van der Waals surface area contributed by atoms with Gasteiger partial charge in [0.2, 0.25) is 0 Å². The fourth-order valence-corrected chi connectivity index (χ4v) is 4.16. The van der Waals surface area contributed by atoms with Crippen LogP contribution in [0.1, 0.15) is 28.4 Å². The van der Waals surface area contributed by atoms with Crippen molar-refractivity contribution in [1.82, 2.24) is 4.90 Å². The first-order chi connectivity index (χ1) is 16.4. The molecule has 0 bridgehead atoms. The fourth-order valence-electron chi connectivity index (χ4n) is 3.94. The van der Waals surface area contributed by atoms with E-state index in [1.807, 2.05) is 24.3 Å². The van der Waals surface area contributed by atoms with E-state index in [1.165, 1.54) is 0 Å². The number of hydrogen-bond acceptors (Lipinski definition) is 5. The molecule has 0 saturated carbocycles. The van der Waals surface area contributed by atoms with Crippen LogP contribution in [-0.2, 0) is 17.9 Å². The number of benzene rings is 3. The van der Waals surface area contributed by atoms with Gasteiger partial charge in [0.05, 0.1) is 24.8 Å². The van der Waals surface area contributed by atoms with Crippen LogP contribution in [0.3, 0.4) is 0 Å². The second-order valence-corrected chi connectivity index (χ2v) is 8.27. The van der Waals surface area contributed by atoms with Crippen molar-refractivity contribution in [3.8, 4) is 17.2 Å². The van der Waals surface area contributed by atoms with E-state index in [4.69, 9.17) is 25.8 Å². The van der Waals surface area contributed by atoms with Crippen LogP contribution in [0.25, 0.3) is 0 Å². The number of carbonyl (C=O) groups excluding carboxylic acids is 2. The van der Waals surface area contributed by atoms with Crippen LogP contribution in [0.4, 0.5) is 5.69 Å². The minimum absolute atomic E-state index is 0.150. The minimum atomic E-state index is -0.665. The highest BCUT2D eigenvalue weighted by atomic mass is 35.5. The van der Waals surface area contributed by atoms with Gasteiger partial charge in [-0.15, -0.1) is 0 Å². The van der Waals surface area contributed by atoms with Crippen LogP contribution < -0.4 is 19.5 Å². The lowest BCUT2D eigenvalue weighted by Gasteiger charge is -2.24. The molecule has 176 valence electrons. The predicted molar refractivity (Wildman–Crippen MR) is 130 cm³/mol. The smallest absolute Gasteiger partial charge is 0.263 e. The summed E-state index contributed by atoms with van der Waals surface area (Å²) in [5, 5.41) is 3.24. The van der Waals surface area contributed by atoms with Crippen LogP contribution in [0.2, 0.25) is 5.02 Å². The van der Waals surface area contributed by atoms with Gasteiger partial charge in [-0.25, -0.2) is 0 Å². The van der Waals surface area contributed by atoms with Crippen LogP contribution in [0.15, 0.2) is 60.7 Å². The third-order valence-corrected chi connectivity index (χ3v) is 5.94. The first-order valence-corrected chi connectivity index (χ1v) is 11.1. The highest BCUT2D eigenvalue weighted by Crippen LogP contribution is 2.34. The summed E-state index contributed by atoms with van der Waals surface area (Å²) in [5.74, 6) is 1.30. The Labute approximate surface area is 203 Å². The maximum atomic E-state index is 13.1. The average Bonchev–Trinajstić information content (AvgIpc) is 2.95. The summed E-state index contributed by atoms with van der Waals surface area (Å²) in [6.45, 7) is 2.33. The Balaban J connectivity index is 1.61. The maximum absolute atomic E-state index is 13.1. The molecule has 2 amide bonds. The number of rotatable bonds is 6. The quantitative estimate of drug-likeness (QED) is 0.542. The van der Waals surface area contributed by atoms with Crippen LogP contribution >= 0.6 is 11.6 Å². The van der Waals surface area contributed by atoms with Crippen molar-refractivity contribution in [3.05, 3.63) is 82.4 Å². The molecular formula is C26H25ClN2O5. The fraction of sp³-hybridized carbons (Fsp3) is 0.231. The summed E-state index contributed by atoms with van der Waals surface area (Å²) in [7, 11) is 3.14. The molecule has 0 aromatic heterocycles. The summed E-state index contributed by atoms with van der Waals surface area (Å²) >= 11 is 6.15. The van der Waals surface area contributed by atoms with E-state index in [9.17, 15) is 9.59 Å². The van der Waals surface area contributed by atoms with Gasteiger partial charge in [0.25, 0.3) is 11.8 Å². The molecular weight excluding hydrogens is 456 g/mol. The Morgan fingerprint density at radius 1 is 1.12 bits per heavy atom. The Kier molecular flexibility index (Phi) is 6.93. The molecule has 3 aromatic carbocycles. The number of nitrogens with zero attached hydrogens (tertiary/aromatic N) is 1. The monoisotopic (exact) mass is 480 g/mol. The van der Waals surface area contributed by atoms with E-state index in [-0.39, 0.29) is 11.8 Å². The van der Waals surface area contributed by atoms with E-state index >= 15 is 0 Å². The highest BCUT2D eigenvalue weighted by Gasteiger charge is 2.29. The Hall–Kier alpha value is -3.71. The second-order valence-electron chi connectivity index (χ2n) is 7.86. The predicted octanol–water partition coefficient (Wildman–Crippen LogP) is 4.92. The summed E-state index contributed by atoms with van der Waals surface area (Å²) < 4.78 is 16.8. The zero-order chi connectivity index (χ0) is 24.2. The third-order valence-electron chi connectivity index (χ3n) is 5.61. The first kappa shape index (κ1) is 23.4. The highest BCUT2D eigenvalue weighted by molar-refractivity contribution is 6.34. The van der Waals surface area contributed by atoms with Crippen molar-refractivity contribution in [2.75, 3.05) is 19.5 Å². The molecule has 0 aliphatic carbocycles. The number of carbonyl (C=O) groups is 2. The SMILES string of the molecule is COc1cccc(CN2Cc3cc(NC(=O)c4ccccc4Cl)ccc3OC(C)C2=O)c1OC. The second kappa shape index (κ2) is 10.1. The molecule has 0 fully saturated rings. The average molecular weight is 481 g/mol. The van der Waals surface area contributed by atoms with Gasteiger partial charge in [-0.1, -0.05) is 35.9 Å². The van der Waals surface area contributed by atoms with E-state index in [0.29, 0.717) is 46.6 Å². The van der Waals surface area contributed by atoms with E-state index in [1.54, 1.807) is 62.4 Å². The molecule has 1 atom stereocenters. The Bertz CT molecular complexity index is 1230. The topological polar surface area (TPSA) is 77.1 Å². The normalized spacial score (nSPS) is 15.1. The van der Waals surface area contributed by atoms with Crippen molar-refractivity contribution in [1.29, 1.82) is 0 Å². The number of nitrogens with one attached hydrogen (secondary N) is 1. The van der Waals surface area contributed by atoms with Gasteiger partial charge in [0.15, 0.2) is 17.6 Å². The number of ether oxygens (including phenoxy) is 3. The third kappa shape index (κ3) is 4.79. The number of halogens is 1. The van der Waals surface area contributed by atoms with Gasteiger partial charge in [-0.3, -0.25) is 9.59 Å². The molecule has 1 unspecified atom stereocenters. The van der Waals surface area contributed by atoms with E-state index in [0.717, 1.165) is 11.1 Å². The molecule has 1 heterocycles. The van der Waals surface area contributed by atoms with Crippen molar-refractivity contribution in [3.63, 3.8) is 0 Å². The molecule has 1 aliphatic rings. The molecule has 34 heavy (non-hydrogen) atoms. The number of fused-ring (bicyclic) bond motifs is 1. The van der Waals surface area contributed by atoms with Gasteiger partial charge in [0.1, 0.15) is 5.75 Å². The van der Waals surface area contributed by atoms with Crippen LogP contribution in [0.5, 0.6) is 17.2 Å². The zero-order valence-corrected chi connectivity index (χ0v) is 19.9. The first-order valence-electron chi connectivity index (χ1n) is 10.8. The maximum Gasteiger partial charge on any atom is 0.263 e. The van der Waals surface area contributed by atoms with Crippen LogP contribution in [0, 0.1) is 0 Å². The number of amides is 2. The lowest BCUT2D eigenvalue weighted by molar-refractivity contribution is -0.138.